The van der Waals surface area contributed by atoms with Crippen LogP contribution in [0.15, 0.2) is 34.8 Å². The topological polar surface area (TPSA) is 26.3 Å². The second-order valence-electron chi connectivity index (χ2n) is 5.44. The Kier molecular flexibility index (Phi) is 4.24. The van der Waals surface area contributed by atoms with Crippen molar-refractivity contribution in [3.63, 3.8) is 0 Å². The molecule has 2 aromatic carbocycles. The van der Waals surface area contributed by atoms with Crippen molar-refractivity contribution >= 4 is 33.3 Å². The highest BCUT2D eigenvalue weighted by Gasteiger charge is 2.31. The van der Waals surface area contributed by atoms with Crippen LogP contribution in [0.5, 0.6) is 5.75 Å². The fraction of sp³-hybridized carbons (Fsp3) is 0.235. The first-order chi connectivity index (χ1) is 10.5. The van der Waals surface area contributed by atoms with Crippen molar-refractivity contribution in [1.82, 2.24) is 0 Å². The third-order valence-corrected chi connectivity index (χ3v) is 4.68. The number of halogens is 3. The normalized spacial score (nSPS) is 17.1. The maximum Gasteiger partial charge on any atom is 0.173 e. The standard InChI is InChI=1S/C17H13BrClFO2/c1-9-4-13-16(21)11(8-22-17(13)14(18)5-9)6-10-2-3-12(20)7-15(10)19/h2-5,7,11H,6,8H2,1H3/t11-/m0/s1. The van der Waals surface area contributed by atoms with Crippen molar-refractivity contribution in [3.8, 4) is 5.75 Å². The summed E-state index contributed by atoms with van der Waals surface area (Å²) in [6.07, 6.45) is 0.433. The summed E-state index contributed by atoms with van der Waals surface area (Å²) in [5, 5.41) is 0.337. The van der Waals surface area contributed by atoms with Gasteiger partial charge in [0.15, 0.2) is 5.78 Å². The molecule has 0 aromatic heterocycles. The molecule has 114 valence electrons. The lowest BCUT2D eigenvalue weighted by atomic mass is 9.89. The smallest absolute Gasteiger partial charge is 0.173 e. The molecule has 0 radical (unpaired) electrons. The molecule has 0 fully saturated rings. The summed E-state index contributed by atoms with van der Waals surface area (Å²) in [4.78, 5) is 12.7. The molecule has 0 amide bonds. The second kappa shape index (κ2) is 6.01. The first-order valence-electron chi connectivity index (χ1n) is 6.87. The van der Waals surface area contributed by atoms with Gasteiger partial charge in [0.1, 0.15) is 11.6 Å². The third kappa shape index (κ3) is 2.90. The van der Waals surface area contributed by atoms with E-state index in [0.717, 1.165) is 15.6 Å². The predicted octanol–water partition coefficient (Wildman–Crippen LogP) is 4.98. The summed E-state index contributed by atoms with van der Waals surface area (Å²) in [7, 11) is 0. The molecule has 0 unspecified atom stereocenters. The van der Waals surface area contributed by atoms with Crippen LogP contribution in [0.3, 0.4) is 0 Å². The van der Waals surface area contributed by atoms with Crippen LogP contribution in [0.25, 0.3) is 0 Å². The molecular formula is C17H13BrClFO2. The Bertz CT molecular complexity index is 761. The van der Waals surface area contributed by atoms with Crippen molar-refractivity contribution < 1.29 is 13.9 Å². The van der Waals surface area contributed by atoms with Gasteiger partial charge >= 0.3 is 0 Å². The lowest BCUT2D eigenvalue weighted by molar-refractivity contribution is 0.0829. The van der Waals surface area contributed by atoms with E-state index in [9.17, 15) is 9.18 Å². The largest absolute Gasteiger partial charge is 0.491 e. The van der Waals surface area contributed by atoms with Crippen molar-refractivity contribution in [3.05, 3.63) is 62.3 Å². The molecule has 1 aliphatic heterocycles. The number of fused-ring (bicyclic) bond motifs is 1. The average molecular weight is 384 g/mol. The van der Waals surface area contributed by atoms with E-state index in [1.807, 2.05) is 19.1 Å². The van der Waals surface area contributed by atoms with Crippen molar-refractivity contribution in [2.24, 2.45) is 5.92 Å². The van der Waals surface area contributed by atoms with Gasteiger partial charge in [-0.05, 0) is 64.7 Å². The van der Waals surface area contributed by atoms with E-state index < -0.39 is 0 Å². The molecule has 0 spiro atoms. The fourth-order valence-corrected chi connectivity index (χ4v) is 3.58. The van der Waals surface area contributed by atoms with Crippen LogP contribution in [0.2, 0.25) is 5.02 Å². The van der Waals surface area contributed by atoms with Gasteiger partial charge in [-0.15, -0.1) is 0 Å². The zero-order chi connectivity index (χ0) is 15.9. The Hall–Kier alpha value is -1.39. The number of carbonyl (C=O) groups is 1. The molecule has 3 rings (SSSR count). The number of hydrogen-bond acceptors (Lipinski definition) is 2. The summed E-state index contributed by atoms with van der Waals surface area (Å²) in [5.41, 5.74) is 2.32. The first kappa shape index (κ1) is 15.5. The number of hydrogen-bond donors (Lipinski definition) is 0. The molecule has 1 heterocycles. The highest BCUT2D eigenvalue weighted by molar-refractivity contribution is 9.10. The summed E-state index contributed by atoms with van der Waals surface area (Å²) < 4.78 is 19.6. The van der Waals surface area contributed by atoms with Crippen molar-refractivity contribution in [1.29, 1.82) is 0 Å². The van der Waals surface area contributed by atoms with E-state index in [0.29, 0.717) is 29.4 Å². The fourth-order valence-electron chi connectivity index (χ4n) is 2.64. The third-order valence-electron chi connectivity index (χ3n) is 3.73. The number of benzene rings is 2. The minimum absolute atomic E-state index is 0.0334. The minimum atomic E-state index is -0.384. The van der Waals surface area contributed by atoms with Crippen LogP contribution in [-0.4, -0.2) is 12.4 Å². The maximum absolute atomic E-state index is 13.1. The Morgan fingerprint density at radius 3 is 2.86 bits per heavy atom. The van der Waals surface area contributed by atoms with Crippen molar-refractivity contribution in [2.75, 3.05) is 6.61 Å². The molecule has 2 aromatic rings. The Morgan fingerprint density at radius 2 is 2.14 bits per heavy atom. The van der Waals surface area contributed by atoms with E-state index in [2.05, 4.69) is 15.9 Å². The molecule has 0 saturated carbocycles. The Morgan fingerprint density at radius 1 is 1.36 bits per heavy atom. The average Bonchev–Trinajstić information content (AvgIpc) is 2.45. The minimum Gasteiger partial charge on any atom is -0.491 e. The lowest BCUT2D eigenvalue weighted by Gasteiger charge is -2.25. The zero-order valence-corrected chi connectivity index (χ0v) is 14.2. The molecular weight excluding hydrogens is 371 g/mol. The molecule has 22 heavy (non-hydrogen) atoms. The van der Waals surface area contributed by atoms with Gasteiger partial charge in [-0.25, -0.2) is 4.39 Å². The number of rotatable bonds is 2. The van der Waals surface area contributed by atoms with Crippen LogP contribution in [0, 0.1) is 18.7 Å². The zero-order valence-electron chi connectivity index (χ0n) is 11.8. The van der Waals surface area contributed by atoms with Gasteiger partial charge in [0, 0.05) is 5.02 Å². The Balaban J connectivity index is 1.90. The number of ether oxygens (including phenoxy) is 1. The van der Waals surface area contributed by atoms with Gasteiger partial charge in [-0.2, -0.15) is 0 Å². The molecule has 0 bridgehead atoms. The molecule has 1 aliphatic rings. The van der Waals surface area contributed by atoms with Crippen LogP contribution in [0.4, 0.5) is 4.39 Å². The van der Waals surface area contributed by atoms with Crippen molar-refractivity contribution in [2.45, 2.75) is 13.3 Å². The van der Waals surface area contributed by atoms with Gasteiger partial charge in [0.25, 0.3) is 0 Å². The first-order valence-corrected chi connectivity index (χ1v) is 8.04. The highest BCUT2D eigenvalue weighted by Crippen LogP contribution is 2.36. The molecule has 2 nitrogen and oxygen atoms in total. The van der Waals surface area contributed by atoms with E-state index in [-0.39, 0.29) is 17.5 Å². The predicted molar refractivity (Wildman–Crippen MR) is 87.3 cm³/mol. The van der Waals surface area contributed by atoms with Gasteiger partial charge < -0.3 is 4.74 Å². The molecule has 0 N–H and O–H groups in total. The van der Waals surface area contributed by atoms with Crippen LogP contribution < -0.4 is 4.74 Å². The molecule has 1 atom stereocenters. The van der Waals surface area contributed by atoms with E-state index in [1.165, 1.54) is 12.1 Å². The maximum atomic E-state index is 13.1. The SMILES string of the molecule is Cc1cc(Br)c2c(c1)C(=O)[C@@H](Cc1ccc(F)cc1Cl)CO2. The van der Waals surface area contributed by atoms with Crippen LogP contribution >= 0.6 is 27.5 Å². The summed E-state index contributed by atoms with van der Waals surface area (Å²) >= 11 is 9.47. The van der Waals surface area contributed by atoms with Gasteiger partial charge in [0.2, 0.25) is 0 Å². The summed E-state index contributed by atoms with van der Waals surface area (Å²) in [6.45, 7) is 2.22. The van der Waals surface area contributed by atoms with Crippen LogP contribution in [-0.2, 0) is 6.42 Å². The van der Waals surface area contributed by atoms with E-state index in [1.54, 1.807) is 6.07 Å². The van der Waals surface area contributed by atoms with Gasteiger partial charge in [-0.1, -0.05) is 17.7 Å². The molecule has 0 saturated heterocycles. The second-order valence-corrected chi connectivity index (χ2v) is 6.70. The van der Waals surface area contributed by atoms with E-state index >= 15 is 0 Å². The summed E-state index contributed by atoms with van der Waals surface area (Å²) in [6, 6.07) is 7.99. The number of carbonyl (C=O) groups excluding carboxylic acids is 1. The lowest BCUT2D eigenvalue weighted by Crippen LogP contribution is -2.30. The summed E-state index contributed by atoms with van der Waals surface area (Å²) in [5.74, 6) is -0.0721. The molecule has 5 heteroatoms. The number of Topliss-reactive ketones (excluding diaryl/α,β-unsaturated/α-hetero) is 1. The molecule has 0 aliphatic carbocycles. The number of ketones is 1. The monoisotopic (exact) mass is 382 g/mol. The number of aryl methyl sites for hydroxylation is 1. The van der Waals surface area contributed by atoms with Crippen LogP contribution in [0.1, 0.15) is 21.5 Å². The van der Waals surface area contributed by atoms with Gasteiger partial charge in [0.05, 0.1) is 22.6 Å². The highest BCUT2D eigenvalue weighted by atomic mass is 79.9. The Labute approximate surface area is 141 Å². The van der Waals surface area contributed by atoms with E-state index in [4.69, 9.17) is 16.3 Å². The van der Waals surface area contributed by atoms with Gasteiger partial charge in [-0.3, -0.25) is 4.79 Å². The quantitative estimate of drug-likeness (QED) is 0.731.